The fraction of sp³-hybridized carbons (Fsp3) is 0.656. The standard InChI is InChI=1S/C32H50N12O3/c33-27(31(46)47)10-11-28(45)43-19-12-24(13-20-43)38-30-26-9-4-16-36-29(26)39-32(40-30)37-21-25-22-44(42-41-25)18-6-15-34-14-5-17-35-23-7-2-1-3-8-23/h4,9,16,22-24,27,34-35H,1-3,5-8,10-15,17-21,33H2,(H,46,47)(H2,36,37,38,39,40). The van der Waals surface area contributed by atoms with Gasteiger partial charge < -0.3 is 37.0 Å². The number of carbonyl (C=O) groups is 2. The van der Waals surface area contributed by atoms with Crippen LogP contribution in [-0.4, -0.2) is 103 Å². The van der Waals surface area contributed by atoms with Gasteiger partial charge in [-0.15, -0.1) is 5.10 Å². The predicted molar refractivity (Wildman–Crippen MR) is 180 cm³/mol. The van der Waals surface area contributed by atoms with Gasteiger partial charge in [0, 0.05) is 44.3 Å². The van der Waals surface area contributed by atoms with Crippen molar-refractivity contribution in [2.75, 3.05) is 43.4 Å². The number of amides is 1. The molecule has 47 heavy (non-hydrogen) atoms. The zero-order valence-corrected chi connectivity index (χ0v) is 27.2. The summed E-state index contributed by atoms with van der Waals surface area (Å²) in [7, 11) is 0. The molecule has 2 fully saturated rings. The van der Waals surface area contributed by atoms with Crippen LogP contribution in [0.5, 0.6) is 0 Å². The lowest BCUT2D eigenvalue weighted by molar-refractivity contribution is -0.139. The summed E-state index contributed by atoms with van der Waals surface area (Å²) in [5.74, 6) is -0.0269. The number of rotatable bonds is 18. The number of carboxylic acids is 1. The Morgan fingerprint density at radius 1 is 1.02 bits per heavy atom. The van der Waals surface area contributed by atoms with Crippen LogP contribution in [0.4, 0.5) is 11.8 Å². The van der Waals surface area contributed by atoms with Gasteiger partial charge in [0.25, 0.3) is 0 Å². The second kappa shape index (κ2) is 17.8. The fourth-order valence-electron chi connectivity index (χ4n) is 6.19. The van der Waals surface area contributed by atoms with E-state index in [-0.39, 0.29) is 24.8 Å². The molecule has 2 aliphatic rings. The lowest BCUT2D eigenvalue weighted by atomic mass is 9.95. The molecule has 0 bridgehead atoms. The van der Waals surface area contributed by atoms with Gasteiger partial charge in [0.2, 0.25) is 11.9 Å². The van der Waals surface area contributed by atoms with Crippen molar-refractivity contribution in [2.45, 2.75) is 102 Å². The van der Waals surface area contributed by atoms with E-state index in [2.05, 4.69) is 41.5 Å². The van der Waals surface area contributed by atoms with Crippen molar-refractivity contribution >= 4 is 34.7 Å². The van der Waals surface area contributed by atoms with Crippen LogP contribution in [-0.2, 0) is 22.7 Å². The van der Waals surface area contributed by atoms with E-state index in [1.54, 1.807) is 11.1 Å². The third-order valence-corrected chi connectivity index (χ3v) is 8.97. The fourth-order valence-corrected chi connectivity index (χ4v) is 6.19. The summed E-state index contributed by atoms with van der Waals surface area (Å²) >= 11 is 0. The van der Waals surface area contributed by atoms with Crippen LogP contribution in [0.15, 0.2) is 24.5 Å². The van der Waals surface area contributed by atoms with Crippen LogP contribution >= 0.6 is 0 Å². The van der Waals surface area contributed by atoms with E-state index in [4.69, 9.17) is 15.8 Å². The van der Waals surface area contributed by atoms with Gasteiger partial charge in [-0.1, -0.05) is 24.5 Å². The summed E-state index contributed by atoms with van der Waals surface area (Å²) in [6.07, 6.45) is 14.3. The number of aryl methyl sites for hydroxylation is 1. The molecule has 1 aliphatic carbocycles. The van der Waals surface area contributed by atoms with Crippen LogP contribution in [0, 0.1) is 0 Å². The first-order valence-electron chi connectivity index (χ1n) is 17.2. The molecule has 1 saturated heterocycles. The minimum Gasteiger partial charge on any atom is -0.480 e. The molecular weight excluding hydrogens is 600 g/mol. The molecule has 0 aromatic carbocycles. The van der Waals surface area contributed by atoms with E-state index in [1.807, 2.05) is 23.0 Å². The van der Waals surface area contributed by atoms with Gasteiger partial charge >= 0.3 is 5.97 Å². The van der Waals surface area contributed by atoms with E-state index in [1.165, 1.54) is 32.1 Å². The first kappa shape index (κ1) is 34.4. The number of likely N-dealkylation sites (tertiary alicyclic amines) is 1. The highest BCUT2D eigenvalue weighted by atomic mass is 16.4. The number of carboxylic acid groups (broad SMARTS) is 1. The number of aromatic nitrogens is 6. The van der Waals surface area contributed by atoms with Crippen molar-refractivity contribution < 1.29 is 14.7 Å². The third kappa shape index (κ3) is 10.8. The topological polar surface area (TPSA) is 201 Å². The van der Waals surface area contributed by atoms with Gasteiger partial charge in [0.1, 0.15) is 17.6 Å². The smallest absolute Gasteiger partial charge is 0.320 e. The summed E-state index contributed by atoms with van der Waals surface area (Å²) in [5.41, 5.74) is 6.93. The summed E-state index contributed by atoms with van der Waals surface area (Å²) in [4.78, 5) is 39.1. The monoisotopic (exact) mass is 650 g/mol. The van der Waals surface area contributed by atoms with Gasteiger partial charge in [-0.2, -0.15) is 9.97 Å². The second-order valence-corrected chi connectivity index (χ2v) is 12.6. The van der Waals surface area contributed by atoms with Gasteiger partial charge in [-0.25, -0.2) is 4.98 Å². The molecule has 3 aromatic heterocycles. The van der Waals surface area contributed by atoms with Crippen LogP contribution in [0.2, 0.25) is 0 Å². The normalized spacial score (nSPS) is 16.7. The number of hydrogen-bond acceptors (Lipinski definition) is 12. The Hall–Kier alpha value is -3.95. The van der Waals surface area contributed by atoms with Gasteiger partial charge in [0.15, 0.2) is 5.65 Å². The zero-order chi connectivity index (χ0) is 32.8. The number of nitrogens with one attached hydrogen (secondary N) is 4. The summed E-state index contributed by atoms with van der Waals surface area (Å²) in [6, 6.07) is 3.61. The number of nitrogens with zero attached hydrogens (tertiary/aromatic N) is 7. The molecule has 0 radical (unpaired) electrons. The lowest BCUT2D eigenvalue weighted by Gasteiger charge is -2.33. The van der Waals surface area contributed by atoms with E-state index in [9.17, 15) is 9.59 Å². The SMILES string of the molecule is NC(CCC(=O)N1CCC(Nc2nc(NCc3cn(CCCNCCCNC4CCCCC4)nn3)nc3ncccc23)CC1)C(=O)O. The number of carbonyl (C=O) groups excluding carboxylic acids is 1. The van der Waals surface area contributed by atoms with Crippen molar-refractivity contribution in [2.24, 2.45) is 5.73 Å². The van der Waals surface area contributed by atoms with E-state index in [0.717, 1.165) is 69.0 Å². The van der Waals surface area contributed by atoms with Gasteiger partial charge in [-0.3, -0.25) is 14.3 Å². The highest BCUT2D eigenvalue weighted by molar-refractivity contribution is 5.87. The van der Waals surface area contributed by atoms with Crippen LogP contribution < -0.4 is 27.0 Å². The van der Waals surface area contributed by atoms with Gasteiger partial charge in [0.05, 0.1) is 18.1 Å². The van der Waals surface area contributed by atoms with Crippen LogP contribution in [0.25, 0.3) is 11.0 Å². The lowest BCUT2D eigenvalue weighted by Crippen LogP contribution is -2.43. The molecule has 15 nitrogen and oxygen atoms in total. The van der Waals surface area contributed by atoms with Crippen molar-refractivity contribution in [1.29, 1.82) is 0 Å². The maximum Gasteiger partial charge on any atom is 0.320 e. The first-order chi connectivity index (χ1) is 22.9. The predicted octanol–water partition coefficient (Wildman–Crippen LogP) is 2.12. The molecule has 1 unspecified atom stereocenters. The Balaban J connectivity index is 1.03. The number of hydrogen-bond donors (Lipinski definition) is 6. The van der Waals surface area contributed by atoms with Crippen LogP contribution in [0.1, 0.15) is 76.3 Å². The Kier molecular flexibility index (Phi) is 13.0. The molecule has 0 spiro atoms. The largest absolute Gasteiger partial charge is 0.480 e. The average Bonchev–Trinajstić information content (AvgIpc) is 3.55. The molecule has 1 atom stereocenters. The molecule has 5 rings (SSSR count). The highest BCUT2D eigenvalue weighted by Crippen LogP contribution is 2.24. The Labute approximate surface area is 275 Å². The van der Waals surface area contributed by atoms with Crippen molar-refractivity contribution in [3.05, 3.63) is 30.2 Å². The Morgan fingerprint density at radius 2 is 1.83 bits per heavy atom. The number of aliphatic carboxylic acids is 1. The molecule has 7 N–H and O–H groups in total. The number of nitrogens with two attached hydrogens (primary N) is 1. The van der Waals surface area contributed by atoms with Crippen molar-refractivity contribution in [3.63, 3.8) is 0 Å². The molecule has 256 valence electrons. The molecule has 4 heterocycles. The quantitative estimate of drug-likeness (QED) is 0.109. The van der Waals surface area contributed by atoms with E-state index in [0.29, 0.717) is 37.0 Å². The maximum atomic E-state index is 12.6. The number of anilines is 2. The summed E-state index contributed by atoms with van der Waals surface area (Å²) < 4.78 is 1.87. The van der Waals surface area contributed by atoms with E-state index < -0.39 is 12.0 Å². The molecule has 1 saturated carbocycles. The number of pyridine rings is 1. The summed E-state index contributed by atoms with van der Waals surface area (Å²) in [6.45, 7) is 5.43. The maximum absolute atomic E-state index is 12.6. The average molecular weight is 651 g/mol. The Bertz CT molecular complexity index is 1420. The Morgan fingerprint density at radius 3 is 2.64 bits per heavy atom. The van der Waals surface area contributed by atoms with Crippen LogP contribution in [0.3, 0.4) is 0 Å². The molecule has 15 heteroatoms. The highest BCUT2D eigenvalue weighted by Gasteiger charge is 2.25. The van der Waals surface area contributed by atoms with Crippen molar-refractivity contribution in [3.8, 4) is 0 Å². The molecular formula is C32H50N12O3. The number of fused-ring (bicyclic) bond motifs is 1. The molecule has 1 aliphatic heterocycles. The molecule has 1 amide bonds. The van der Waals surface area contributed by atoms with Gasteiger partial charge in [-0.05, 0) is 76.7 Å². The second-order valence-electron chi connectivity index (χ2n) is 12.6. The zero-order valence-electron chi connectivity index (χ0n) is 27.2. The van der Waals surface area contributed by atoms with Crippen molar-refractivity contribution in [1.82, 2.24) is 45.5 Å². The molecule has 3 aromatic rings. The third-order valence-electron chi connectivity index (χ3n) is 8.97. The van der Waals surface area contributed by atoms with E-state index >= 15 is 0 Å². The summed E-state index contributed by atoms with van der Waals surface area (Å²) in [5, 5.41) is 32.4. The minimum absolute atomic E-state index is 0.0649. The first-order valence-corrected chi connectivity index (χ1v) is 17.2. The number of piperidine rings is 1. The minimum atomic E-state index is -1.09.